The van der Waals surface area contributed by atoms with Crippen molar-refractivity contribution in [1.82, 2.24) is 15.1 Å². The molecule has 1 unspecified atom stereocenters. The second-order valence-corrected chi connectivity index (χ2v) is 5.56. The summed E-state index contributed by atoms with van der Waals surface area (Å²) < 4.78 is 5.43. The maximum absolute atomic E-state index is 12.0. The number of rotatable bonds is 3. The molecule has 2 aliphatic rings. The molecule has 20 heavy (non-hydrogen) atoms. The van der Waals surface area contributed by atoms with Gasteiger partial charge in [0.2, 0.25) is 5.91 Å². The van der Waals surface area contributed by atoms with Crippen molar-refractivity contribution in [2.75, 3.05) is 46.9 Å². The molecular weight excluding hydrogens is 254 g/mol. The Morgan fingerprint density at radius 3 is 2.50 bits per heavy atom. The van der Waals surface area contributed by atoms with E-state index in [1.54, 1.807) is 0 Å². The average molecular weight is 287 g/mol. The number of carbonyl (C=O) groups is 1. The van der Waals surface area contributed by atoms with Crippen LogP contribution in [0, 0.1) is 0 Å². The van der Waals surface area contributed by atoms with E-state index in [9.17, 15) is 4.79 Å². The predicted octanol–water partition coefficient (Wildman–Crippen LogP) is 1.19. The Kier molecular flexibility index (Phi) is 8.11. The zero-order valence-corrected chi connectivity index (χ0v) is 13.5. The molecule has 5 heteroatoms. The molecule has 2 heterocycles. The van der Waals surface area contributed by atoms with E-state index in [4.69, 9.17) is 4.74 Å². The first-order valence-electron chi connectivity index (χ1n) is 7.91. The maximum Gasteiger partial charge on any atom is 0.221 e. The third-order valence-electron chi connectivity index (χ3n) is 4.03. The number of morpholine rings is 1. The Bertz CT molecular complexity index is 284. The third kappa shape index (κ3) is 5.77. The van der Waals surface area contributed by atoms with Crippen molar-refractivity contribution in [3.8, 4) is 0 Å². The standard InChI is InChI=1S/C13H25N3O2.C2H6.H2/c1-15-5-3-11(4-6-15)14-13(17)9-12-10-18-8-7-16(12)2;1-2;/h11-12H,3-10H2,1-2H3,(H,14,17);1-2H3;1H. The number of likely N-dealkylation sites (tertiary alicyclic amines) is 1. The summed E-state index contributed by atoms with van der Waals surface area (Å²) >= 11 is 0. The van der Waals surface area contributed by atoms with Crippen LogP contribution >= 0.6 is 0 Å². The van der Waals surface area contributed by atoms with Crippen LogP contribution in [-0.4, -0.2) is 74.7 Å². The first kappa shape index (κ1) is 17.4. The van der Waals surface area contributed by atoms with Gasteiger partial charge in [0.1, 0.15) is 0 Å². The molecule has 0 aromatic rings. The van der Waals surface area contributed by atoms with E-state index in [1.165, 1.54) is 0 Å². The molecule has 0 bridgehead atoms. The van der Waals surface area contributed by atoms with Gasteiger partial charge < -0.3 is 15.0 Å². The third-order valence-corrected chi connectivity index (χ3v) is 4.03. The molecular formula is C15H33N3O2. The van der Waals surface area contributed by atoms with E-state index >= 15 is 0 Å². The van der Waals surface area contributed by atoms with Crippen LogP contribution < -0.4 is 5.32 Å². The molecule has 1 atom stereocenters. The lowest BCUT2D eigenvalue weighted by molar-refractivity contribution is -0.124. The van der Waals surface area contributed by atoms with Crippen molar-refractivity contribution in [2.24, 2.45) is 0 Å². The largest absolute Gasteiger partial charge is 0.378 e. The van der Waals surface area contributed by atoms with Crippen molar-refractivity contribution < 1.29 is 11.0 Å². The van der Waals surface area contributed by atoms with Crippen molar-refractivity contribution in [3.63, 3.8) is 0 Å². The van der Waals surface area contributed by atoms with E-state index in [-0.39, 0.29) is 13.4 Å². The normalized spacial score (nSPS) is 25.7. The fourth-order valence-electron chi connectivity index (χ4n) is 2.61. The number of amides is 1. The van der Waals surface area contributed by atoms with Gasteiger partial charge in [-0.25, -0.2) is 0 Å². The molecule has 0 saturated carbocycles. The van der Waals surface area contributed by atoms with Crippen LogP contribution in [0.4, 0.5) is 0 Å². The van der Waals surface area contributed by atoms with Crippen LogP contribution in [0.25, 0.3) is 0 Å². The Hall–Kier alpha value is -0.650. The van der Waals surface area contributed by atoms with Crippen LogP contribution in [0.1, 0.15) is 34.5 Å². The minimum Gasteiger partial charge on any atom is -0.378 e. The second-order valence-electron chi connectivity index (χ2n) is 5.56. The molecule has 2 saturated heterocycles. The van der Waals surface area contributed by atoms with Crippen LogP contribution in [-0.2, 0) is 9.53 Å². The fourth-order valence-corrected chi connectivity index (χ4v) is 2.61. The van der Waals surface area contributed by atoms with Gasteiger partial charge >= 0.3 is 0 Å². The van der Waals surface area contributed by atoms with Crippen LogP contribution in [0.5, 0.6) is 0 Å². The van der Waals surface area contributed by atoms with Crippen LogP contribution in [0.3, 0.4) is 0 Å². The lowest BCUT2D eigenvalue weighted by Gasteiger charge is -2.33. The van der Waals surface area contributed by atoms with Gasteiger partial charge in [0.25, 0.3) is 0 Å². The van der Waals surface area contributed by atoms with Gasteiger partial charge in [-0.15, -0.1) is 0 Å². The van der Waals surface area contributed by atoms with Crippen molar-refractivity contribution in [2.45, 2.75) is 45.2 Å². The molecule has 2 rings (SSSR count). The van der Waals surface area contributed by atoms with E-state index in [2.05, 4.69) is 29.2 Å². The summed E-state index contributed by atoms with van der Waals surface area (Å²) in [6.07, 6.45) is 2.70. The van der Waals surface area contributed by atoms with E-state index < -0.39 is 0 Å². The average Bonchev–Trinajstić information content (AvgIpc) is 2.46. The number of piperidine rings is 1. The summed E-state index contributed by atoms with van der Waals surface area (Å²) in [5.41, 5.74) is 0. The molecule has 0 radical (unpaired) electrons. The highest BCUT2D eigenvalue weighted by molar-refractivity contribution is 5.76. The van der Waals surface area contributed by atoms with E-state index in [1.807, 2.05) is 13.8 Å². The number of nitrogens with zero attached hydrogens (tertiary/aromatic N) is 2. The maximum atomic E-state index is 12.0. The molecule has 1 N–H and O–H groups in total. The predicted molar refractivity (Wildman–Crippen MR) is 84.0 cm³/mol. The quantitative estimate of drug-likeness (QED) is 0.847. The van der Waals surface area contributed by atoms with Gasteiger partial charge in [0.05, 0.1) is 13.2 Å². The molecule has 0 aromatic heterocycles. The zero-order chi connectivity index (χ0) is 15.0. The molecule has 0 spiro atoms. The number of hydrogen-bond donors (Lipinski definition) is 1. The molecule has 120 valence electrons. The van der Waals surface area contributed by atoms with Crippen LogP contribution in [0.2, 0.25) is 0 Å². The van der Waals surface area contributed by atoms with Gasteiger partial charge in [0.15, 0.2) is 0 Å². The summed E-state index contributed by atoms with van der Waals surface area (Å²) in [6.45, 7) is 8.54. The summed E-state index contributed by atoms with van der Waals surface area (Å²) in [5.74, 6) is 0.173. The molecule has 0 aromatic carbocycles. The van der Waals surface area contributed by atoms with E-state index in [0.29, 0.717) is 19.1 Å². The van der Waals surface area contributed by atoms with E-state index in [0.717, 1.165) is 39.1 Å². The summed E-state index contributed by atoms with van der Waals surface area (Å²) in [7, 11) is 4.20. The zero-order valence-electron chi connectivity index (χ0n) is 13.5. The van der Waals surface area contributed by atoms with Gasteiger partial charge in [-0.3, -0.25) is 9.69 Å². The van der Waals surface area contributed by atoms with Crippen LogP contribution in [0.15, 0.2) is 0 Å². The van der Waals surface area contributed by atoms with Gasteiger partial charge in [-0.1, -0.05) is 13.8 Å². The Morgan fingerprint density at radius 1 is 1.25 bits per heavy atom. The highest BCUT2D eigenvalue weighted by Crippen LogP contribution is 2.11. The van der Waals surface area contributed by atoms with Gasteiger partial charge in [-0.05, 0) is 40.0 Å². The first-order chi connectivity index (χ1) is 9.65. The number of carbonyl (C=O) groups excluding carboxylic acids is 1. The Labute approximate surface area is 125 Å². The molecule has 1 amide bonds. The lowest BCUT2D eigenvalue weighted by atomic mass is 10.0. The Morgan fingerprint density at radius 2 is 1.90 bits per heavy atom. The Balaban J connectivity index is 0.00000128. The van der Waals surface area contributed by atoms with Crippen molar-refractivity contribution in [1.29, 1.82) is 0 Å². The highest BCUT2D eigenvalue weighted by Gasteiger charge is 2.24. The smallest absolute Gasteiger partial charge is 0.221 e. The highest BCUT2D eigenvalue weighted by atomic mass is 16.5. The number of nitrogens with one attached hydrogen (secondary N) is 1. The lowest BCUT2D eigenvalue weighted by Crippen LogP contribution is -2.48. The molecule has 0 aliphatic carbocycles. The first-order valence-corrected chi connectivity index (χ1v) is 7.91. The second kappa shape index (κ2) is 9.32. The minimum absolute atomic E-state index is 0. The SMILES string of the molecule is CC.CN1CCC(NC(=O)CC2COCCN2C)CC1.[HH]. The number of hydrogen-bond acceptors (Lipinski definition) is 4. The van der Waals surface area contributed by atoms with Gasteiger partial charge in [-0.2, -0.15) is 0 Å². The summed E-state index contributed by atoms with van der Waals surface area (Å²) in [5, 5.41) is 3.16. The number of ether oxygens (including phenoxy) is 1. The summed E-state index contributed by atoms with van der Waals surface area (Å²) in [6, 6.07) is 0.605. The molecule has 2 aliphatic heterocycles. The van der Waals surface area contributed by atoms with Crippen molar-refractivity contribution >= 4 is 5.91 Å². The topological polar surface area (TPSA) is 44.8 Å². The van der Waals surface area contributed by atoms with Crippen molar-refractivity contribution in [3.05, 3.63) is 0 Å². The molecule has 2 fully saturated rings. The number of likely N-dealkylation sites (N-methyl/N-ethyl adjacent to an activating group) is 1. The minimum atomic E-state index is 0. The molecule has 5 nitrogen and oxygen atoms in total. The summed E-state index contributed by atoms with van der Waals surface area (Å²) in [4.78, 5) is 16.5. The monoisotopic (exact) mass is 287 g/mol. The fraction of sp³-hybridized carbons (Fsp3) is 0.933. The van der Waals surface area contributed by atoms with Gasteiger partial charge in [0, 0.05) is 26.5 Å².